The zero-order valence-corrected chi connectivity index (χ0v) is 24.0. The lowest BCUT2D eigenvalue weighted by Crippen LogP contribution is -1.93. The standard InChI is InChI=1S/C40H25Br/c41-20-19-24-21-31(33-15-11-29-9-7-25-3-1-5-27-13-17-35(33)39(29)37(25)27)23-32(22-24)34-16-12-30-10-8-26-4-2-6-28-14-18-36(34)40(30)38(26)28/h1-18,21-23H,19-20H2. The molecule has 0 fully saturated rings. The van der Waals surface area contributed by atoms with Gasteiger partial charge in [-0.3, -0.25) is 0 Å². The third-order valence-corrected chi connectivity index (χ3v) is 9.45. The summed E-state index contributed by atoms with van der Waals surface area (Å²) in [4.78, 5) is 0. The summed E-state index contributed by atoms with van der Waals surface area (Å²) in [6.07, 6.45) is 0.985. The first-order valence-electron chi connectivity index (χ1n) is 14.3. The SMILES string of the molecule is BrCCc1cc(-c2ccc3ccc4cccc5ccc2c3c45)cc(-c2ccc3ccc4cccc5ccc2c3c45)c1. The van der Waals surface area contributed by atoms with E-state index in [1.165, 1.54) is 92.5 Å². The Morgan fingerprint density at radius 3 is 1.22 bits per heavy atom. The molecular weight excluding hydrogens is 560 g/mol. The van der Waals surface area contributed by atoms with E-state index in [-0.39, 0.29) is 0 Å². The number of rotatable bonds is 4. The first-order chi connectivity index (χ1) is 20.3. The van der Waals surface area contributed by atoms with Gasteiger partial charge < -0.3 is 0 Å². The van der Waals surface area contributed by atoms with Crippen LogP contribution in [0, 0.1) is 0 Å². The molecule has 41 heavy (non-hydrogen) atoms. The Labute approximate surface area is 246 Å². The summed E-state index contributed by atoms with van der Waals surface area (Å²) in [6.45, 7) is 0. The molecule has 0 N–H and O–H groups in total. The first kappa shape index (κ1) is 23.3. The van der Waals surface area contributed by atoms with E-state index in [0.29, 0.717) is 0 Å². The van der Waals surface area contributed by atoms with Crippen molar-refractivity contribution >= 4 is 80.6 Å². The monoisotopic (exact) mass is 584 g/mol. The second-order valence-corrected chi connectivity index (χ2v) is 12.1. The van der Waals surface area contributed by atoms with Crippen molar-refractivity contribution in [3.63, 3.8) is 0 Å². The third kappa shape index (κ3) is 3.39. The van der Waals surface area contributed by atoms with Crippen LogP contribution in [0.5, 0.6) is 0 Å². The smallest absolute Gasteiger partial charge is 0.00718 e. The van der Waals surface area contributed by atoms with Crippen LogP contribution in [0.3, 0.4) is 0 Å². The normalized spacial score (nSPS) is 12.2. The molecule has 0 amide bonds. The van der Waals surface area contributed by atoms with E-state index < -0.39 is 0 Å². The van der Waals surface area contributed by atoms with Gasteiger partial charge in [-0.25, -0.2) is 0 Å². The molecule has 0 nitrogen and oxygen atoms in total. The Morgan fingerprint density at radius 2 is 0.780 bits per heavy atom. The Hall–Kier alpha value is -4.46. The number of halogens is 1. The first-order valence-corrected chi connectivity index (χ1v) is 15.4. The van der Waals surface area contributed by atoms with Crippen LogP contribution < -0.4 is 0 Å². The van der Waals surface area contributed by atoms with Gasteiger partial charge in [0.1, 0.15) is 0 Å². The van der Waals surface area contributed by atoms with E-state index in [0.717, 1.165) is 11.8 Å². The molecule has 0 saturated carbocycles. The fourth-order valence-corrected chi connectivity index (χ4v) is 7.69. The van der Waals surface area contributed by atoms with Gasteiger partial charge in [0.2, 0.25) is 0 Å². The molecule has 0 atom stereocenters. The van der Waals surface area contributed by atoms with Gasteiger partial charge in [-0.15, -0.1) is 0 Å². The second kappa shape index (κ2) is 8.77. The van der Waals surface area contributed by atoms with Crippen molar-refractivity contribution in [2.75, 3.05) is 5.33 Å². The molecule has 0 spiro atoms. The van der Waals surface area contributed by atoms with Crippen molar-refractivity contribution < 1.29 is 0 Å². The molecule has 0 saturated heterocycles. The van der Waals surface area contributed by atoms with Gasteiger partial charge in [0.25, 0.3) is 0 Å². The number of aryl methyl sites for hydroxylation is 1. The number of benzene rings is 9. The van der Waals surface area contributed by atoms with Crippen molar-refractivity contribution in [2.45, 2.75) is 6.42 Å². The molecular formula is C40H25Br. The Bertz CT molecular complexity index is 2230. The van der Waals surface area contributed by atoms with Gasteiger partial charge in [-0.1, -0.05) is 137 Å². The zero-order chi connectivity index (χ0) is 27.1. The molecule has 9 aromatic carbocycles. The highest BCUT2D eigenvalue weighted by Gasteiger charge is 2.16. The van der Waals surface area contributed by atoms with Crippen LogP contribution in [0.25, 0.3) is 86.9 Å². The molecule has 192 valence electrons. The topological polar surface area (TPSA) is 0 Å². The average Bonchev–Trinajstić information content (AvgIpc) is 3.02. The summed E-state index contributed by atoms with van der Waals surface area (Å²) in [6, 6.07) is 48.0. The van der Waals surface area contributed by atoms with Crippen molar-refractivity contribution in [3.8, 4) is 22.3 Å². The Morgan fingerprint density at radius 1 is 0.390 bits per heavy atom. The summed E-state index contributed by atoms with van der Waals surface area (Å²) in [5.74, 6) is 0. The van der Waals surface area contributed by atoms with Crippen molar-refractivity contribution in [1.29, 1.82) is 0 Å². The lowest BCUT2D eigenvalue weighted by molar-refractivity contribution is 1.17. The minimum Gasteiger partial charge on any atom is -0.0924 e. The zero-order valence-electron chi connectivity index (χ0n) is 22.4. The van der Waals surface area contributed by atoms with Gasteiger partial charge >= 0.3 is 0 Å². The molecule has 0 heterocycles. The average molecular weight is 586 g/mol. The van der Waals surface area contributed by atoms with Gasteiger partial charge in [-0.2, -0.15) is 0 Å². The quantitative estimate of drug-likeness (QED) is 0.142. The largest absolute Gasteiger partial charge is 0.0924 e. The second-order valence-electron chi connectivity index (χ2n) is 11.3. The number of hydrogen-bond donors (Lipinski definition) is 0. The summed E-state index contributed by atoms with van der Waals surface area (Å²) >= 11 is 3.72. The maximum Gasteiger partial charge on any atom is 0.00718 e. The summed E-state index contributed by atoms with van der Waals surface area (Å²) in [5.41, 5.74) is 6.51. The Kier molecular flexibility index (Phi) is 4.98. The molecule has 0 bridgehead atoms. The van der Waals surface area contributed by atoms with Gasteiger partial charge in [0, 0.05) is 5.33 Å². The third-order valence-electron chi connectivity index (χ3n) is 9.06. The summed E-state index contributed by atoms with van der Waals surface area (Å²) < 4.78 is 0. The summed E-state index contributed by atoms with van der Waals surface area (Å²) in [5, 5.41) is 16.9. The highest BCUT2D eigenvalue weighted by atomic mass is 79.9. The molecule has 0 aliphatic rings. The van der Waals surface area contributed by atoms with Crippen molar-refractivity contribution in [1.82, 2.24) is 0 Å². The van der Waals surface area contributed by atoms with E-state index >= 15 is 0 Å². The molecule has 0 radical (unpaired) electrons. The molecule has 9 rings (SSSR count). The minimum absolute atomic E-state index is 0.937. The fourth-order valence-electron chi connectivity index (χ4n) is 7.23. The lowest BCUT2D eigenvalue weighted by Gasteiger charge is -2.17. The van der Waals surface area contributed by atoms with Crippen LogP contribution in [0.15, 0.2) is 127 Å². The van der Waals surface area contributed by atoms with Crippen molar-refractivity contribution in [2.24, 2.45) is 0 Å². The van der Waals surface area contributed by atoms with E-state index in [1.54, 1.807) is 0 Å². The van der Waals surface area contributed by atoms with Crippen LogP contribution in [-0.4, -0.2) is 5.33 Å². The minimum atomic E-state index is 0.937. The van der Waals surface area contributed by atoms with Crippen LogP contribution in [0.4, 0.5) is 0 Å². The number of hydrogen-bond acceptors (Lipinski definition) is 0. The molecule has 0 aliphatic heterocycles. The predicted molar refractivity (Wildman–Crippen MR) is 182 cm³/mol. The predicted octanol–water partition coefficient (Wildman–Crippen LogP) is 11.8. The molecule has 0 aliphatic carbocycles. The lowest BCUT2D eigenvalue weighted by atomic mass is 9.86. The Balaban J connectivity index is 1.33. The van der Waals surface area contributed by atoms with E-state index in [9.17, 15) is 0 Å². The van der Waals surface area contributed by atoms with E-state index in [2.05, 4.69) is 143 Å². The summed E-state index contributed by atoms with van der Waals surface area (Å²) in [7, 11) is 0. The molecule has 9 aromatic rings. The molecule has 1 heteroatoms. The van der Waals surface area contributed by atoms with E-state index in [1.807, 2.05) is 0 Å². The number of alkyl halides is 1. The van der Waals surface area contributed by atoms with Gasteiger partial charge in [0.15, 0.2) is 0 Å². The van der Waals surface area contributed by atoms with E-state index in [4.69, 9.17) is 0 Å². The maximum atomic E-state index is 3.72. The fraction of sp³-hybridized carbons (Fsp3) is 0.0500. The molecule has 0 aromatic heterocycles. The van der Waals surface area contributed by atoms with Crippen LogP contribution >= 0.6 is 15.9 Å². The van der Waals surface area contributed by atoms with Crippen LogP contribution in [0.1, 0.15) is 5.56 Å². The molecule has 0 unspecified atom stereocenters. The van der Waals surface area contributed by atoms with Gasteiger partial charge in [-0.05, 0) is 105 Å². The van der Waals surface area contributed by atoms with Gasteiger partial charge in [0.05, 0.1) is 0 Å². The van der Waals surface area contributed by atoms with Crippen LogP contribution in [0.2, 0.25) is 0 Å². The maximum absolute atomic E-state index is 3.72. The highest BCUT2D eigenvalue weighted by molar-refractivity contribution is 9.09. The van der Waals surface area contributed by atoms with Crippen molar-refractivity contribution in [3.05, 3.63) is 133 Å². The highest BCUT2D eigenvalue weighted by Crippen LogP contribution is 2.43. The van der Waals surface area contributed by atoms with Crippen LogP contribution in [-0.2, 0) is 6.42 Å².